The lowest BCUT2D eigenvalue weighted by Crippen LogP contribution is -2.04. The lowest BCUT2D eigenvalue weighted by Gasteiger charge is -2.07. The summed E-state index contributed by atoms with van der Waals surface area (Å²) in [6, 6.07) is 6.84. The number of aromatic nitrogens is 2. The second-order valence-electron chi connectivity index (χ2n) is 4.66. The van der Waals surface area contributed by atoms with E-state index in [4.69, 9.17) is 0 Å². The van der Waals surface area contributed by atoms with E-state index in [2.05, 4.69) is 10.4 Å². The maximum Gasteiger partial charge on any atom is 0.178 e. The molecule has 5 nitrogen and oxygen atoms in total. The third-order valence-electron chi connectivity index (χ3n) is 3.41. The minimum Gasteiger partial charge on any atom is -0.381 e. The van der Waals surface area contributed by atoms with E-state index in [1.54, 1.807) is 31.2 Å². The van der Waals surface area contributed by atoms with Gasteiger partial charge in [0.2, 0.25) is 0 Å². The highest BCUT2D eigenvalue weighted by molar-refractivity contribution is 7.91. The van der Waals surface area contributed by atoms with Gasteiger partial charge in [-0.25, -0.2) is 8.42 Å². The van der Waals surface area contributed by atoms with Gasteiger partial charge in [0.15, 0.2) is 9.84 Å². The average Bonchev–Trinajstić information content (AvgIpc) is 2.77. The van der Waals surface area contributed by atoms with E-state index in [0.29, 0.717) is 11.4 Å². The number of hydrogen-bond donors (Lipinski definition) is 1. The van der Waals surface area contributed by atoms with Crippen molar-refractivity contribution in [2.24, 2.45) is 7.05 Å². The molecule has 2 rings (SSSR count). The fourth-order valence-electron chi connectivity index (χ4n) is 1.86. The molecule has 0 unspecified atom stereocenters. The molecule has 0 aliphatic rings. The van der Waals surface area contributed by atoms with Gasteiger partial charge in [-0.05, 0) is 31.2 Å². The molecule has 0 atom stereocenters. The molecule has 0 saturated heterocycles. The van der Waals surface area contributed by atoms with Crippen molar-refractivity contribution in [1.29, 1.82) is 0 Å². The van der Waals surface area contributed by atoms with E-state index >= 15 is 0 Å². The van der Waals surface area contributed by atoms with Crippen molar-refractivity contribution in [2.75, 3.05) is 11.1 Å². The Balaban J connectivity index is 2.07. The van der Waals surface area contributed by atoms with Crippen molar-refractivity contribution in [3.05, 3.63) is 41.7 Å². The molecule has 0 aliphatic carbocycles. The molecular weight excluding hydrogens is 274 g/mol. The van der Waals surface area contributed by atoms with Gasteiger partial charge in [0.1, 0.15) is 0 Å². The number of nitrogens with one attached hydrogen (secondary N) is 1. The number of aryl methyl sites for hydroxylation is 1. The highest BCUT2D eigenvalue weighted by Gasteiger charge is 2.10. The fourth-order valence-corrected chi connectivity index (χ4v) is 2.75. The van der Waals surface area contributed by atoms with Crippen molar-refractivity contribution in [2.45, 2.75) is 25.3 Å². The Morgan fingerprint density at radius 3 is 2.40 bits per heavy atom. The number of sulfone groups is 1. The molecule has 0 saturated carbocycles. The number of benzene rings is 1. The maximum atomic E-state index is 11.7. The third-order valence-corrected chi connectivity index (χ3v) is 5.16. The monoisotopic (exact) mass is 293 g/mol. The summed E-state index contributed by atoms with van der Waals surface area (Å²) in [5, 5.41) is 7.45. The largest absolute Gasteiger partial charge is 0.381 e. The Hall–Kier alpha value is -1.82. The summed E-state index contributed by atoms with van der Waals surface area (Å²) < 4.78 is 25.2. The first-order valence-electron chi connectivity index (χ1n) is 6.48. The summed E-state index contributed by atoms with van der Waals surface area (Å²) in [4.78, 5) is 0.364. The SMILES string of the molecule is CCS(=O)(=O)c1ccc(NCc2cnn(C)c2C)cc1. The van der Waals surface area contributed by atoms with Gasteiger partial charge in [0.25, 0.3) is 0 Å². The van der Waals surface area contributed by atoms with Crippen LogP contribution in [0.25, 0.3) is 0 Å². The first kappa shape index (κ1) is 14.6. The molecule has 1 N–H and O–H groups in total. The van der Waals surface area contributed by atoms with Gasteiger partial charge in [-0.2, -0.15) is 5.10 Å². The van der Waals surface area contributed by atoms with Crippen LogP contribution in [0.4, 0.5) is 5.69 Å². The molecule has 1 heterocycles. The summed E-state index contributed by atoms with van der Waals surface area (Å²) >= 11 is 0. The Morgan fingerprint density at radius 1 is 1.25 bits per heavy atom. The van der Waals surface area contributed by atoms with Crippen molar-refractivity contribution in [3.63, 3.8) is 0 Å². The Bertz CT molecular complexity index is 688. The molecule has 0 radical (unpaired) electrons. The summed E-state index contributed by atoms with van der Waals surface area (Å²) in [5.74, 6) is 0.120. The second-order valence-corrected chi connectivity index (χ2v) is 6.94. The highest BCUT2D eigenvalue weighted by atomic mass is 32.2. The maximum absolute atomic E-state index is 11.7. The lowest BCUT2D eigenvalue weighted by atomic mass is 10.2. The molecule has 1 aromatic carbocycles. The molecule has 20 heavy (non-hydrogen) atoms. The molecule has 0 spiro atoms. The fraction of sp³-hybridized carbons (Fsp3) is 0.357. The van der Waals surface area contributed by atoms with E-state index in [1.165, 1.54) is 0 Å². The van der Waals surface area contributed by atoms with Crippen molar-refractivity contribution >= 4 is 15.5 Å². The summed E-state index contributed by atoms with van der Waals surface area (Å²) in [6.07, 6.45) is 1.83. The normalized spacial score (nSPS) is 11.6. The summed E-state index contributed by atoms with van der Waals surface area (Å²) in [6.45, 7) is 4.33. The summed E-state index contributed by atoms with van der Waals surface area (Å²) in [5.41, 5.74) is 3.13. The molecule has 0 bridgehead atoms. The Labute approximate surface area is 119 Å². The van der Waals surface area contributed by atoms with E-state index in [-0.39, 0.29) is 5.75 Å². The molecule has 6 heteroatoms. The van der Waals surface area contributed by atoms with Gasteiger partial charge >= 0.3 is 0 Å². The number of rotatable bonds is 5. The first-order chi connectivity index (χ1) is 9.44. The number of hydrogen-bond acceptors (Lipinski definition) is 4. The summed E-state index contributed by atoms with van der Waals surface area (Å²) in [7, 11) is -1.22. The molecular formula is C14H19N3O2S. The van der Waals surface area contributed by atoms with Crippen LogP contribution in [0.2, 0.25) is 0 Å². The van der Waals surface area contributed by atoms with Crippen LogP contribution in [0, 0.1) is 6.92 Å². The predicted molar refractivity (Wildman–Crippen MR) is 79.4 cm³/mol. The van der Waals surface area contributed by atoms with E-state index < -0.39 is 9.84 Å². The molecule has 0 fully saturated rings. The van der Waals surface area contributed by atoms with E-state index in [1.807, 2.05) is 24.9 Å². The van der Waals surface area contributed by atoms with E-state index in [0.717, 1.165) is 16.9 Å². The van der Waals surface area contributed by atoms with E-state index in [9.17, 15) is 8.42 Å². The zero-order chi connectivity index (χ0) is 14.8. The zero-order valence-corrected chi connectivity index (χ0v) is 12.7. The van der Waals surface area contributed by atoms with Crippen molar-refractivity contribution in [3.8, 4) is 0 Å². The molecule has 108 valence electrons. The number of anilines is 1. The molecule has 2 aromatic rings. The van der Waals surface area contributed by atoms with Crippen LogP contribution in [0.5, 0.6) is 0 Å². The predicted octanol–water partition coefficient (Wildman–Crippen LogP) is 2.13. The Morgan fingerprint density at radius 2 is 1.90 bits per heavy atom. The molecule has 0 aliphatic heterocycles. The molecule has 1 aromatic heterocycles. The number of nitrogens with zero attached hydrogens (tertiary/aromatic N) is 2. The third kappa shape index (κ3) is 3.01. The van der Waals surface area contributed by atoms with Crippen LogP contribution >= 0.6 is 0 Å². The van der Waals surface area contributed by atoms with Crippen LogP contribution < -0.4 is 5.32 Å². The van der Waals surface area contributed by atoms with Crippen LogP contribution in [0.15, 0.2) is 35.4 Å². The minimum absolute atomic E-state index is 0.120. The van der Waals surface area contributed by atoms with Crippen LogP contribution in [0.1, 0.15) is 18.2 Å². The van der Waals surface area contributed by atoms with Crippen LogP contribution in [-0.2, 0) is 23.4 Å². The van der Waals surface area contributed by atoms with Gasteiger partial charge in [-0.1, -0.05) is 6.92 Å². The second kappa shape index (κ2) is 5.66. The minimum atomic E-state index is -3.13. The topological polar surface area (TPSA) is 64.0 Å². The van der Waals surface area contributed by atoms with Crippen molar-refractivity contribution in [1.82, 2.24) is 9.78 Å². The quantitative estimate of drug-likeness (QED) is 0.917. The lowest BCUT2D eigenvalue weighted by molar-refractivity contribution is 0.597. The van der Waals surface area contributed by atoms with Gasteiger partial charge in [-0.3, -0.25) is 4.68 Å². The Kier molecular flexibility index (Phi) is 4.13. The van der Waals surface area contributed by atoms with Crippen molar-refractivity contribution < 1.29 is 8.42 Å². The standard InChI is InChI=1S/C14H19N3O2S/c1-4-20(18,19)14-7-5-13(6-8-14)15-9-12-10-16-17(3)11(12)2/h5-8,10,15H,4,9H2,1-3H3. The average molecular weight is 293 g/mol. The molecule has 0 amide bonds. The zero-order valence-electron chi connectivity index (χ0n) is 11.9. The first-order valence-corrected chi connectivity index (χ1v) is 8.13. The van der Waals surface area contributed by atoms with Gasteiger partial charge in [-0.15, -0.1) is 0 Å². The van der Waals surface area contributed by atoms with Crippen LogP contribution in [-0.4, -0.2) is 24.0 Å². The van der Waals surface area contributed by atoms with Gasteiger partial charge in [0.05, 0.1) is 16.8 Å². The van der Waals surface area contributed by atoms with Crippen LogP contribution in [0.3, 0.4) is 0 Å². The van der Waals surface area contributed by atoms with Gasteiger partial charge in [0, 0.05) is 30.5 Å². The van der Waals surface area contributed by atoms with Gasteiger partial charge < -0.3 is 5.32 Å². The smallest absolute Gasteiger partial charge is 0.178 e. The highest BCUT2D eigenvalue weighted by Crippen LogP contribution is 2.16.